The molecule has 0 spiro atoms. The number of hydrogen-bond donors (Lipinski definition) is 8. The van der Waals surface area contributed by atoms with Crippen LogP contribution in [0.3, 0.4) is 0 Å². The van der Waals surface area contributed by atoms with Gasteiger partial charge in [0, 0.05) is 12.3 Å². The van der Waals surface area contributed by atoms with Crippen molar-refractivity contribution in [3.8, 4) is 0 Å². The van der Waals surface area contributed by atoms with Crippen LogP contribution in [0.5, 0.6) is 0 Å². The molecule has 3 rings (SSSR count). The lowest BCUT2D eigenvalue weighted by Gasteiger charge is -2.21. The molecule has 2 aliphatic rings. The van der Waals surface area contributed by atoms with Crippen molar-refractivity contribution in [1.82, 2.24) is 9.55 Å². The van der Waals surface area contributed by atoms with Gasteiger partial charge in [-0.1, -0.05) is 0 Å². The fraction of sp³-hybridized carbons (Fsp3) is 0.714. The van der Waals surface area contributed by atoms with Crippen molar-refractivity contribution < 1.29 is 67.3 Å². The largest absolute Gasteiger partial charge is 0.483 e. The topological polar surface area (TPSA) is 277 Å². The molecule has 18 nitrogen and oxygen atoms in total. The van der Waals surface area contributed by atoms with Gasteiger partial charge in [0.1, 0.15) is 36.6 Å². The smallest absolute Gasteiger partial charge is 0.394 e. The van der Waals surface area contributed by atoms with E-state index in [4.69, 9.17) is 14.6 Å². The van der Waals surface area contributed by atoms with Gasteiger partial charge in [-0.05, 0) is 0 Å². The lowest BCUT2D eigenvalue weighted by Crippen LogP contribution is -2.37. The Morgan fingerprint density at radius 1 is 0.971 bits per heavy atom. The van der Waals surface area contributed by atoms with Crippen molar-refractivity contribution in [3.05, 3.63) is 33.1 Å². The fourth-order valence-electron chi connectivity index (χ4n) is 3.15. The molecule has 0 amide bonds. The predicted octanol–water partition coefficient (Wildman–Crippen LogP) is -4.15. The molecule has 3 unspecified atom stereocenters. The van der Waals surface area contributed by atoms with Crippen molar-refractivity contribution in [2.45, 2.75) is 49.1 Å². The first-order valence-electron chi connectivity index (χ1n) is 9.40. The van der Waals surface area contributed by atoms with E-state index in [0.29, 0.717) is 0 Å². The number of phosphoric ester groups is 2. The minimum atomic E-state index is -5.47. The highest BCUT2D eigenvalue weighted by Crippen LogP contribution is 2.61. The lowest BCUT2D eigenvalue weighted by atomic mass is 10.1. The third-order valence-electron chi connectivity index (χ3n) is 4.81. The van der Waals surface area contributed by atoms with Gasteiger partial charge in [0.05, 0.1) is 13.2 Å². The maximum Gasteiger partial charge on any atom is 0.483 e. The summed E-state index contributed by atoms with van der Waals surface area (Å²) in [4.78, 5) is 44.3. The van der Waals surface area contributed by atoms with Crippen LogP contribution in [-0.2, 0) is 32.0 Å². The van der Waals surface area contributed by atoms with Gasteiger partial charge < -0.3 is 44.8 Å². The van der Waals surface area contributed by atoms with Crippen molar-refractivity contribution >= 4 is 15.6 Å². The average Bonchev–Trinajstić information content (AvgIpc) is 3.16. The van der Waals surface area contributed by atoms with Crippen LogP contribution >= 0.6 is 15.6 Å². The van der Waals surface area contributed by atoms with Crippen LogP contribution in [0.4, 0.5) is 0 Å². The zero-order valence-corrected chi connectivity index (χ0v) is 18.6. The highest BCUT2D eigenvalue weighted by atomic mass is 31.3. The Hall–Kier alpha value is -1.34. The Morgan fingerprint density at radius 3 is 2.21 bits per heavy atom. The first-order valence-corrected chi connectivity index (χ1v) is 12.4. The SMILES string of the molecule is O=c1ccn([C@@H]2O[C@H](COP(=O)(O)OP(=O)(O)OC3O[C@@H](CO)[C@H](O)[C@H]3O)[C@@H](O)[C@H]2O)c(=O)[nH]1. The van der Waals surface area contributed by atoms with Gasteiger partial charge in [-0.25, -0.2) is 13.9 Å². The van der Waals surface area contributed by atoms with Crippen LogP contribution in [-0.4, -0.2) is 101 Å². The van der Waals surface area contributed by atoms with Gasteiger partial charge in [0.2, 0.25) is 0 Å². The quantitative estimate of drug-likeness (QED) is 0.139. The standard InChI is InChI=1S/C14H22N2O16P2/c17-3-5-8(19)11(22)13(30-5)31-34(26,27)32-33(24,25)28-4-6-9(20)10(21)12(29-6)16-2-1-7(18)15-14(16)23/h1-2,5-6,8-13,17,19-22H,3-4H2,(H,24,25)(H,26,27)(H,15,18,23)/t5-,6+,8-,9+,10+,11+,12+,13?/m0/s1. The summed E-state index contributed by atoms with van der Waals surface area (Å²) in [6.07, 6.45) is -12.6. The van der Waals surface area contributed by atoms with E-state index in [-0.39, 0.29) is 0 Å². The zero-order chi connectivity index (χ0) is 25.4. The van der Waals surface area contributed by atoms with Crippen LogP contribution < -0.4 is 11.2 Å². The van der Waals surface area contributed by atoms with Crippen molar-refractivity contribution in [2.75, 3.05) is 13.2 Å². The third kappa shape index (κ3) is 6.07. The minimum Gasteiger partial charge on any atom is -0.394 e. The number of aromatic nitrogens is 2. The number of H-pyrrole nitrogens is 1. The van der Waals surface area contributed by atoms with Crippen LogP contribution in [0.1, 0.15) is 6.23 Å². The molecule has 20 heteroatoms. The molecule has 0 aromatic carbocycles. The van der Waals surface area contributed by atoms with Crippen LogP contribution in [0.2, 0.25) is 0 Å². The summed E-state index contributed by atoms with van der Waals surface area (Å²) in [5, 5.41) is 48.5. The van der Waals surface area contributed by atoms with E-state index >= 15 is 0 Å². The zero-order valence-electron chi connectivity index (χ0n) is 16.8. The Labute approximate surface area is 188 Å². The molecule has 10 atom stereocenters. The van der Waals surface area contributed by atoms with Crippen LogP contribution in [0, 0.1) is 0 Å². The molecule has 3 heterocycles. The summed E-state index contributed by atoms with van der Waals surface area (Å²) in [5.74, 6) is 0. The maximum absolute atomic E-state index is 12.1. The molecule has 34 heavy (non-hydrogen) atoms. The minimum absolute atomic E-state index is 0.736. The van der Waals surface area contributed by atoms with Crippen LogP contribution in [0.15, 0.2) is 21.9 Å². The molecule has 194 valence electrons. The molecule has 2 fully saturated rings. The molecule has 0 radical (unpaired) electrons. The predicted molar refractivity (Wildman–Crippen MR) is 103 cm³/mol. The number of nitrogens with zero attached hydrogens (tertiary/aromatic N) is 1. The van der Waals surface area contributed by atoms with E-state index in [0.717, 1.165) is 16.8 Å². The molecule has 8 N–H and O–H groups in total. The number of aliphatic hydroxyl groups is 5. The summed E-state index contributed by atoms with van der Waals surface area (Å²) in [7, 11) is -10.9. The summed E-state index contributed by atoms with van der Waals surface area (Å²) in [6.45, 7) is -1.77. The average molecular weight is 536 g/mol. The van der Waals surface area contributed by atoms with Gasteiger partial charge in [-0.3, -0.25) is 23.4 Å². The van der Waals surface area contributed by atoms with E-state index in [2.05, 4.69) is 13.4 Å². The van der Waals surface area contributed by atoms with Gasteiger partial charge in [-0.15, -0.1) is 0 Å². The Kier molecular flexibility index (Phi) is 8.28. The second-order valence-electron chi connectivity index (χ2n) is 7.19. The summed E-state index contributed by atoms with van der Waals surface area (Å²) in [5.41, 5.74) is -1.72. The van der Waals surface area contributed by atoms with Crippen molar-refractivity contribution in [1.29, 1.82) is 0 Å². The molecular weight excluding hydrogens is 514 g/mol. The number of phosphoric acid groups is 2. The molecule has 1 aromatic heterocycles. The number of aliphatic hydroxyl groups excluding tert-OH is 5. The lowest BCUT2D eigenvalue weighted by molar-refractivity contribution is -0.125. The Morgan fingerprint density at radius 2 is 1.62 bits per heavy atom. The van der Waals surface area contributed by atoms with E-state index < -0.39 is 89.2 Å². The second-order valence-corrected chi connectivity index (χ2v) is 10.2. The molecule has 1 aromatic rings. The van der Waals surface area contributed by atoms with Crippen molar-refractivity contribution in [2.24, 2.45) is 0 Å². The van der Waals surface area contributed by atoms with Gasteiger partial charge in [-0.2, -0.15) is 4.31 Å². The van der Waals surface area contributed by atoms with E-state index in [9.17, 15) is 48.9 Å². The Bertz CT molecular complexity index is 1080. The third-order valence-corrected chi connectivity index (χ3v) is 7.41. The first kappa shape index (κ1) is 27.3. The summed E-state index contributed by atoms with van der Waals surface area (Å²) >= 11 is 0. The molecule has 2 saturated heterocycles. The highest BCUT2D eigenvalue weighted by Gasteiger charge is 2.49. The fourth-order valence-corrected chi connectivity index (χ4v) is 5.31. The number of aromatic amines is 1. The molecule has 0 saturated carbocycles. The first-order chi connectivity index (χ1) is 15.7. The normalized spacial score (nSPS) is 37.4. The molecule has 2 aliphatic heterocycles. The molecule has 0 aliphatic carbocycles. The van der Waals surface area contributed by atoms with E-state index in [1.54, 1.807) is 0 Å². The van der Waals surface area contributed by atoms with Crippen LogP contribution in [0.25, 0.3) is 0 Å². The van der Waals surface area contributed by atoms with Gasteiger partial charge in [0.15, 0.2) is 12.5 Å². The monoisotopic (exact) mass is 536 g/mol. The Balaban J connectivity index is 1.60. The maximum atomic E-state index is 12.1. The highest BCUT2D eigenvalue weighted by molar-refractivity contribution is 7.61. The summed E-state index contributed by atoms with van der Waals surface area (Å²) in [6, 6.07) is 0.939. The number of rotatable bonds is 9. The van der Waals surface area contributed by atoms with Gasteiger partial charge in [0.25, 0.3) is 5.56 Å². The van der Waals surface area contributed by atoms with E-state index in [1.165, 1.54) is 0 Å². The second kappa shape index (κ2) is 10.3. The number of hydrogen-bond acceptors (Lipinski definition) is 14. The van der Waals surface area contributed by atoms with E-state index in [1.807, 2.05) is 4.98 Å². The molecule has 0 bridgehead atoms. The van der Waals surface area contributed by atoms with Gasteiger partial charge >= 0.3 is 21.3 Å². The number of nitrogens with one attached hydrogen (secondary N) is 1. The number of ether oxygens (including phenoxy) is 2. The molecular formula is C14H22N2O16P2. The van der Waals surface area contributed by atoms with Crippen molar-refractivity contribution in [3.63, 3.8) is 0 Å². The summed E-state index contributed by atoms with van der Waals surface area (Å²) < 4.78 is 47.8.